The fourth-order valence-electron chi connectivity index (χ4n) is 2.05. The van der Waals surface area contributed by atoms with Crippen LogP contribution in [0.2, 0.25) is 0 Å². The Morgan fingerprint density at radius 2 is 1.88 bits per heavy atom. The Hall–Kier alpha value is -0.830. The molecule has 1 N–H and O–H groups in total. The first-order valence-corrected chi connectivity index (χ1v) is 6.34. The minimum Gasteiger partial charge on any atom is -0.354 e. The molecule has 3 nitrogen and oxygen atoms in total. The van der Waals surface area contributed by atoms with Crippen LogP contribution in [-0.2, 0) is 0 Å². The van der Waals surface area contributed by atoms with E-state index in [0.717, 1.165) is 36.8 Å². The highest BCUT2D eigenvalue weighted by Gasteiger charge is 2.19. The van der Waals surface area contributed by atoms with Crippen molar-refractivity contribution in [3.8, 4) is 0 Å². The predicted molar refractivity (Wildman–Crippen MR) is 66.9 cm³/mol. The number of nitrogens with one attached hydrogen (secondary N) is 1. The molecule has 0 amide bonds. The lowest BCUT2D eigenvalue weighted by Gasteiger charge is -2.24. The number of aromatic nitrogens is 2. The maximum Gasteiger partial charge on any atom is 0.222 e. The molecule has 1 heterocycles. The smallest absolute Gasteiger partial charge is 0.222 e. The summed E-state index contributed by atoms with van der Waals surface area (Å²) in [5.74, 6) is 1.46. The second-order valence-electron chi connectivity index (χ2n) is 4.58. The summed E-state index contributed by atoms with van der Waals surface area (Å²) in [5.41, 5.74) is 1.09. The van der Waals surface area contributed by atoms with Gasteiger partial charge in [-0.05, 0) is 44.1 Å². The van der Waals surface area contributed by atoms with Gasteiger partial charge in [-0.25, -0.2) is 9.97 Å². The molecular formula is C12H18ClN3. The molecule has 0 bridgehead atoms. The summed E-state index contributed by atoms with van der Waals surface area (Å²) in [5, 5.41) is 3.69. The van der Waals surface area contributed by atoms with E-state index >= 15 is 0 Å². The number of hydrogen-bond donors (Lipinski definition) is 1. The molecular weight excluding hydrogens is 222 g/mol. The molecule has 1 aliphatic carbocycles. The highest BCUT2D eigenvalue weighted by atomic mass is 35.5. The van der Waals surface area contributed by atoms with Gasteiger partial charge in [0.1, 0.15) is 0 Å². The Morgan fingerprint density at radius 1 is 1.25 bits per heavy atom. The van der Waals surface area contributed by atoms with Gasteiger partial charge in [-0.2, -0.15) is 0 Å². The number of halogens is 1. The summed E-state index contributed by atoms with van der Waals surface area (Å²) in [4.78, 5) is 8.46. The van der Waals surface area contributed by atoms with Gasteiger partial charge in [-0.3, -0.25) is 0 Å². The molecule has 88 valence electrons. The SMILES string of the molecule is Cc1cnc(NCC2CCC(Cl)CC2)nc1. The lowest BCUT2D eigenvalue weighted by atomic mass is 9.89. The number of rotatable bonds is 3. The molecule has 0 unspecified atom stereocenters. The van der Waals surface area contributed by atoms with Gasteiger partial charge in [-0.15, -0.1) is 11.6 Å². The summed E-state index contributed by atoms with van der Waals surface area (Å²) >= 11 is 6.07. The molecule has 1 aliphatic rings. The van der Waals surface area contributed by atoms with Crippen molar-refractivity contribution in [2.45, 2.75) is 38.0 Å². The van der Waals surface area contributed by atoms with E-state index in [1.807, 2.05) is 19.3 Å². The molecule has 1 aromatic rings. The monoisotopic (exact) mass is 239 g/mol. The molecule has 4 heteroatoms. The fourth-order valence-corrected chi connectivity index (χ4v) is 2.30. The van der Waals surface area contributed by atoms with Crippen LogP contribution in [0.4, 0.5) is 5.95 Å². The number of anilines is 1. The van der Waals surface area contributed by atoms with Crippen molar-refractivity contribution in [2.24, 2.45) is 5.92 Å². The van der Waals surface area contributed by atoms with Crippen LogP contribution in [0.5, 0.6) is 0 Å². The van der Waals surface area contributed by atoms with Gasteiger partial charge in [0, 0.05) is 24.3 Å². The third kappa shape index (κ3) is 3.34. The first-order valence-electron chi connectivity index (χ1n) is 5.90. The quantitative estimate of drug-likeness (QED) is 0.824. The Bertz CT molecular complexity index is 318. The third-order valence-electron chi connectivity index (χ3n) is 3.11. The summed E-state index contributed by atoms with van der Waals surface area (Å²) in [6, 6.07) is 0. The Balaban J connectivity index is 1.77. The first kappa shape index (κ1) is 11.6. The van der Waals surface area contributed by atoms with Crippen LogP contribution in [0.1, 0.15) is 31.2 Å². The Morgan fingerprint density at radius 3 is 2.50 bits per heavy atom. The number of alkyl halides is 1. The summed E-state index contributed by atoms with van der Waals surface area (Å²) in [6.45, 7) is 2.96. The van der Waals surface area contributed by atoms with Crippen molar-refractivity contribution in [2.75, 3.05) is 11.9 Å². The highest BCUT2D eigenvalue weighted by molar-refractivity contribution is 6.20. The van der Waals surface area contributed by atoms with Crippen LogP contribution in [0, 0.1) is 12.8 Å². The topological polar surface area (TPSA) is 37.8 Å². The van der Waals surface area contributed by atoms with Crippen LogP contribution in [0.15, 0.2) is 12.4 Å². The van der Waals surface area contributed by atoms with Gasteiger partial charge in [0.2, 0.25) is 5.95 Å². The second-order valence-corrected chi connectivity index (χ2v) is 5.20. The maximum atomic E-state index is 6.07. The standard InChI is InChI=1S/C12H18ClN3/c1-9-6-14-12(15-7-9)16-8-10-2-4-11(13)5-3-10/h6-7,10-11H,2-5,8H2,1H3,(H,14,15,16). The third-order valence-corrected chi connectivity index (χ3v) is 3.54. The van der Waals surface area contributed by atoms with Gasteiger partial charge < -0.3 is 5.32 Å². The fraction of sp³-hybridized carbons (Fsp3) is 0.667. The zero-order chi connectivity index (χ0) is 11.4. The van der Waals surface area contributed by atoms with E-state index in [-0.39, 0.29) is 0 Å². The molecule has 0 aromatic carbocycles. The molecule has 16 heavy (non-hydrogen) atoms. The summed E-state index contributed by atoms with van der Waals surface area (Å²) < 4.78 is 0. The van der Waals surface area contributed by atoms with E-state index in [1.54, 1.807) is 0 Å². The molecule has 0 saturated heterocycles. The predicted octanol–water partition coefficient (Wildman–Crippen LogP) is 2.99. The van der Waals surface area contributed by atoms with E-state index in [1.165, 1.54) is 12.8 Å². The zero-order valence-corrected chi connectivity index (χ0v) is 10.4. The maximum absolute atomic E-state index is 6.07. The Labute approximate surface area is 102 Å². The van der Waals surface area contributed by atoms with E-state index in [4.69, 9.17) is 11.6 Å². The normalized spacial score (nSPS) is 25.4. The van der Waals surface area contributed by atoms with Crippen LogP contribution in [0.3, 0.4) is 0 Å². The number of hydrogen-bond acceptors (Lipinski definition) is 3. The van der Waals surface area contributed by atoms with Crippen LogP contribution in [-0.4, -0.2) is 21.9 Å². The van der Waals surface area contributed by atoms with Crippen molar-refractivity contribution < 1.29 is 0 Å². The Kier molecular flexibility index (Phi) is 3.99. The lowest BCUT2D eigenvalue weighted by Crippen LogP contribution is -2.22. The summed E-state index contributed by atoms with van der Waals surface area (Å²) in [6.07, 6.45) is 8.39. The van der Waals surface area contributed by atoms with Gasteiger partial charge >= 0.3 is 0 Å². The van der Waals surface area contributed by atoms with E-state index in [2.05, 4.69) is 15.3 Å². The van der Waals surface area contributed by atoms with Crippen molar-refractivity contribution in [1.82, 2.24) is 9.97 Å². The van der Waals surface area contributed by atoms with Crippen molar-refractivity contribution in [1.29, 1.82) is 0 Å². The zero-order valence-electron chi connectivity index (χ0n) is 9.62. The van der Waals surface area contributed by atoms with Gasteiger partial charge in [0.15, 0.2) is 0 Å². The minimum absolute atomic E-state index is 0.395. The average Bonchev–Trinajstić information content (AvgIpc) is 2.30. The highest BCUT2D eigenvalue weighted by Crippen LogP contribution is 2.27. The minimum atomic E-state index is 0.395. The molecule has 2 rings (SSSR count). The van der Waals surface area contributed by atoms with E-state index in [9.17, 15) is 0 Å². The molecule has 0 atom stereocenters. The number of aryl methyl sites for hydroxylation is 1. The summed E-state index contributed by atoms with van der Waals surface area (Å²) in [7, 11) is 0. The van der Waals surface area contributed by atoms with E-state index in [0.29, 0.717) is 5.38 Å². The van der Waals surface area contributed by atoms with Crippen LogP contribution in [0.25, 0.3) is 0 Å². The average molecular weight is 240 g/mol. The first-order chi connectivity index (χ1) is 7.74. The molecule has 0 radical (unpaired) electrons. The molecule has 0 spiro atoms. The number of nitrogens with zero attached hydrogens (tertiary/aromatic N) is 2. The largest absolute Gasteiger partial charge is 0.354 e. The molecule has 1 fully saturated rings. The van der Waals surface area contributed by atoms with Gasteiger partial charge in [0.05, 0.1) is 0 Å². The van der Waals surface area contributed by atoms with Crippen molar-refractivity contribution >= 4 is 17.5 Å². The second kappa shape index (κ2) is 5.48. The van der Waals surface area contributed by atoms with Gasteiger partial charge in [0.25, 0.3) is 0 Å². The van der Waals surface area contributed by atoms with Crippen molar-refractivity contribution in [3.63, 3.8) is 0 Å². The van der Waals surface area contributed by atoms with Crippen molar-refractivity contribution in [3.05, 3.63) is 18.0 Å². The van der Waals surface area contributed by atoms with Crippen LogP contribution < -0.4 is 5.32 Å². The van der Waals surface area contributed by atoms with E-state index < -0.39 is 0 Å². The molecule has 1 saturated carbocycles. The van der Waals surface area contributed by atoms with Gasteiger partial charge in [-0.1, -0.05) is 0 Å². The molecule has 0 aliphatic heterocycles. The molecule has 1 aromatic heterocycles. The lowest BCUT2D eigenvalue weighted by molar-refractivity contribution is 0.377. The van der Waals surface area contributed by atoms with Crippen LogP contribution >= 0.6 is 11.6 Å².